The van der Waals surface area contributed by atoms with Gasteiger partial charge in [0.1, 0.15) is 0 Å². The first-order chi connectivity index (χ1) is 25.3. The lowest BCUT2D eigenvalue weighted by Gasteiger charge is -2.11. The highest BCUT2D eigenvalue weighted by molar-refractivity contribution is 6.15. The summed E-state index contributed by atoms with van der Waals surface area (Å²) in [7, 11) is 0. The molecule has 0 spiro atoms. The van der Waals surface area contributed by atoms with Crippen molar-refractivity contribution in [1.82, 2.24) is 14.1 Å². The first kappa shape index (κ1) is 28.0. The number of aromatic nitrogens is 3. The Morgan fingerprint density at radius 3 is 1.45 bits per heavy atom. The molecule has 0 fully saturated rings. The van der Waals surface area contributed by atoms with Crippen molar-refractivity contribution in [3.05, 3.63) is 182 Å². The Kier molecular flexibility index (Phi) is 5.96. The van der Waals surface area contributed by atoms with Gasteiger partial charge < -0.3 is 14.1 Å². The summed E-state index contributed by atoms with van der Waals surface area (Å²) >= 11 is 0. The van der Waals surface area contributed by atoms with Crippen molar-refractivity contribution in [2.75, 3.05) is 0 Å². The molecule has 3 heteroatoms. The van der Waals surface area contributed by atoms with Crippen molar-refractivity contribution in [1.29, 1.82) is 0 Å². The van der Waals surface area contributed by atoms with E-state index in [1.807, 2.05) is 0 Å². The van der Waals surface area contributed by atoms with Crippen LogP contribution in [0.1, 0.15) is 0 Å². The van der Waals surface area contributed by atoms with Crippen molar-refractivity contribution in [3.63, 3.8) is 0 Å². The van der Waals surface area contributed by atoms with Crippen molar-refractivity contribution >= 4 is 65.4 Å². The fourth-order valence-corrected chi connectivity index (χ4v) is 8.37. The second-order valence-corrected chi connectivity index (χ2v) is 13.5. The molecule has 0 amide bonds. The van der Waals surface area contributed by atoms with Crippen LogP contribution in [0.15, 0.2) is 182 Å². The predicted molar refractivity (Wildman–Crippen MR) is 215 cm³/mol. The quantitative estimate of drug-likeness (QED) is 0.196. The van der Waals surface area contributed by atoms with Gasteiger partial charge in [0.25, 0.3) is 0 Å². The minimum Gasteiger partial charge on any atom is -0.354 e. The van der Waals surface area contributed by atoms with E-state index in [0.29, 0.717) is 0 Å². The lowest BCUT2D eigenvalue weighted by molar-refractivity contribution is 1.18. The third kappa shape index (κ3) is 4.19. The van der Waals surface area contributed by atoms with Gasteiger partial charge in [-0.15, -0.1) is 0 Å². The molecule has 0 unspecified atom stereocenters. The van der Waals surface area contributed by atoms with E-state index in [-0.39, 0.29) is 0 Å². The predicted octanol–water partition coefficient (Wildman–Crippen LogP) is 12.8. The summed E-state index contributed by atoms with van der Waals surface area (Å²) in [5.74, 6) is 0. The van der Waals surface area contributed by atoms with Gasteiger partial charge in [0.15, 0.2) is 0 Å². The molecule has 3 heterocycles. The largest absolute Gasteiger partial charge is 0.354 e. The van der Waals surface area contributed by atoms with Crippen molar-refractivity contribution in [3.8, 4) is 33.6 Å². The SMILES string of the molecule is c1ccc(-n2c3ccccc3c3cc(-c4ccc5c(c4)c4ccccc4n5-c4ccc(-c5cccc6[nH]c7ccccc7c56)cc4)ccc32)cc1. The Morgan fingerprint density at radius 2 is 0.804 bits per heavy atom. The van der Waals surface area contributed by atoms with Crippen LogP contribution in [0.25, 0.3) is 99.0 Å². The summed E-state index contributed by atoms with van der Waals surface area (Å²) in [5.41, 5.74) is 14.4. The van der Waals surface area contributed by atoms with Crippen LogP contribution in [-0.4, -0.2) is 14.1 Å². The summed E-state index contributed by atoms with van der Waals surface area (Å²) in [6.45, 7) is 0. The molecule has 3 nitrogen and oxygen atoms in total. The number of benzene rings is 8. The maximum absolute atomic E-state index is 3.60. The van der Waals surface area contributed by atoms with Gasteiger partial charge in [0, 0.05) is 54.7 Å². The molecule has 11 aromatic rings. The smallest absolute Gasteiger partial charge is 0.0541 e. The van der Waals surface area contributed by atoms with E-state index in [1.165, 1.54) is 87.8 Å². The molecule has 0 radical (unpaired) electrons. The van der Waals surface area contributed by atoms with Crippen LogP contribution in [0.3, 0.4) is 0 Å². The first-order valence-corrected chi connectivity index (χ1v) is 17.5. The Morgan fingerprint density at radius 1 is 0.314 bits per heavy atom. The topological polar surface area (TPSA) is 25.6 Å². The van der Waals surface area contributed by atoms with Gasteiger partial charge in [0.2, 0.25) is 0 Å². The summed E-state index contributed by atoms with van der Waals surface area (Å²) in [6.07, 6.45) is 0. The first-order valence-electron chi connectivity index (χ1n) is 17.5. The van der Waals surface area contributed by atoms with Crippen LogP contribution in [0.5, 0.6) is 0 Å². The molecular weight excluding hydrogens is 619 g/mol. The zero-order chi connectivity index (χ0) is 33.5. The van der Waals surface area contributed by atoms with E-state index in [0.717, 1.165) is 11.2 Å². The highest BCUT2D eigenvalue weighted by Gasteiger charge is 2.17. The number of nitrogens with one attached hydrogen (secondary N) is 1. The van der Waals surface area contributed by atoms with Crippen molar-refractivity contribution < 1.29 is 0 Å². The normalized spacial score (nSPS) is 11.9. The highest BCUT2D eigenvalue weighted by Crippen LogP contribution is 2.39. The molecule has 238 valence electrons. The second kappa shape index (κ2) is 10.8. The zero-order valence-electron chi connectivity index (χ0n) is 27.7. The summed E-state index contributed by atoms with van der Waals surface area (Å²) in [4.78, 5) is 3.60. The number of para-hydroxylation sites is 4. The van der Waals surface area contributed by atoms with Gasteiger partial charge in [-0.05, 0) is 95.1 Å². The molecule has 0 bridgehead atoms. The third-order valence-electron chi connectivity index (χ3n) is 10.7. The Balaban J connectivity index is 1.04. The molecule has 0 aliphatic heterocycles. The molecule has 1 N–H and O–H groups in total. The number of nitrogens with zero attached hydrogens (tertiary/aromatic N) is 2. The average molecular weight is 650 g/mol. The van der Waals surface area contributed by atoms with E-state index >= 15 is 0 Å². The lowest BCUT2D eigenvalue weighted by Crippen LogP contribution is -1.94. The monoisotopic (exact) mass is 649 g/mol. The fraction of sp³-hybridized carbons (Fsp3) is 0. The minimum atomic E-state index is 1.15. The molecule has 51 heavy (non-hydrogen) atoms. The molecular formula is C48H31N3. The van der Waals surface area contributed by atoms with Crippen molar-refractivity contribution in [2.45, 2.75) is 0 Å². The number of aromatic amines is 1. The second-order valence-electron chi connectivity index (χ2n) is 13.5. The van der Waals surface area contributed by atoms with Gasteiger partial charge in [-0.2, -0.15) is 0 Å². The molecule has 3 aromatic heterocycles. The average Bonchev–Trinajstić information content (AvgIpc) is 3.85. The van der Waals surface area contributed by atoms with Crippen LogP contribution in [-0.2, 0) is 0 Å². The molecule has 0 aliphatic rings. The van der Waals surface area contributed by atoms with Crippen LogP contribution < -0.4 is 0 Å². The fourth-order valence-electron chi connectivity index (χ4n) is 8.37. The number of fused-ring (bicyclic) bond motifs is 9. The van der Waals surface area contributed by atoms with Gasteiger partial charge in [0.05, 0.1) is 22.1 Å². The van der Waals surface area contributed by atoms with Gasteiger partial charge in [-0.25, -0.2) is 0 Å². The van der Waals surface area contributed by atoms with E-state index in [9.17, 15) is 0 Å². The van der Waals surface area contributed by atoms with E-state index in [2.05, 4.69) is 196 Å². The Labute approximate surface area is 294 Å². The Hall–Kier alpha value is -6.84. The summed E-state index contributed by atoms with van der Waals surface area (Å²) < 4.78 is 4.78. The number of hydrogen-bond donors (Lipinski definition) is 1. The van der Waals surface area contributed by atoms with Crippen molar-refractivity contribution in [2.24, 2.45) is 0 Å². The number of H-pyrrole nitrogens is 1. The molecule has 8 aromatic carbocycles. The molecule has 0 saturated heterocycles. The Bertz CT molecular complexity index is 3120. The number of hydrogen-bond acceptors (Lipinski definition) is 0. The van der Waals surface area contributed by atoms with Crippen LogP contribution in [0.2, 0.25) is 0 Å². The van der Waals surface area contributed by atoms with Crippen LogP contribution >= 0.6 is 0 Å². The van der Waals surface area contributed by atoms with Crippen LogP contribution in [0, 0.1) is 0 Å². The third-order valence-corrected chi connectivity index (χ3v) is 10.7. The lowest BCUT2D eigenvalue weighted by atomic mass is 9.99. The van der Waals surface area contributed by atoms with Gasteiger partial charge in [-0.3, -0.25) is 0 Å². The van der Waals surface area contributed by atoms with Gasteiger partial charge in [-0.1, -0.05) is 109 Å². The summed E-state index contributed by atoms with van der Waals surface area (Å²) in [6, 6.07) is 66.2. The summed E-state index contributed by atoms with van der Waals surface area (Å²) in [5, 5.41) is 7.56. The molecule has 0 saturated carbocycles. The number of rotatable bonds is 4. The molecule has 0 atom stereocenters. The van der Waals surface area contributed by atoms with E-state index in [1.54, 1.807) is 0 Å². The maximum atomic E-state index is 3.60. The molecule has 11 rings (SSSR count). The van der Waals surface area contributed by atoms with E-state index < -0.39 is 0 Å². The van der Waals surface area contributed by atoms with Gasteiger partial charge >= 0.3 is 0 Å². The molecule has 0 aliphatic carbocycles. The zero-order valence-corrected chi connectivity index (χ0v) is 27.7. The van der Waals surface area contributed by atoms with E-state index in [4.69, 9.17) is 0 Å². The standard InChI is InChI=1S/C48H31N3/c1-2-11-34(12-3-1)50-44-19-8-5-13-37(44)40-29-32(23-27-46(40)50)33-24-28-47-41(30-33)38-14-6-9-20-45(38)51(47)35-25-21-31(22-26-35)36-16-10-18-43-48(36)39-15-4-7-17-42(39)49-43/h1-30,49H. The minimum absolute atomic E-state index is 1.15. The van der Waals surface area contributed by atoms with Crippen LogP contribution in [0.4, 0.5) is 0 Å². The highest BCUT2D eigenvalue weighted by atomic mass is 15.0. The maximum Gasteiger partial charge on any atom is 0.0541 e.